The fourth-order valence-electron chi connectivity index (χ4n) is 4.15. The summed E-state index contributed by atoms with van der Waals surface area (Å²) in [6.07, 6.45) is 2.02. The number of nitrogens with one attached hydrogen (secondary N) is 1. The average molecular weight is 591 g/mol. The zero-order chi connectivity index (χ0) is 28.6. The Balaban J connectivity index is 2.06. The van der Waals surface area contributed by atoms with Gasteiger partial charge in [-0.3, -0.25) is 13.9 Å². The van der Waals surface area contributed by atoms with E-state index in [0.29, 0.717) is 27.8 Å². The number of benzene rings is 3. The van der Waals surface area contributed by atoms with Gasteiger partial charge >= 0.3 is 0 Å². The normalized spacial score (nSPS) is 12.0. The molecular formula is C29H33Cl2N3O4S. The van der Waals surface area contributed by atoms with Crippen LogP contribution < -0.4 is 9.62 Å². The van der Waals surface area contributed by atoms with Crippen molar-refractivity contribution in [2.75, 3.05) is 23.7 Å². The van der Waals surface area contributed by atoms with Crippen LogP contribution in [0, 0.1) is 6.92 Å². The Morgan fingerprint density at radius 3 is 2.26 bits per heavy atom. The van der Waals surface area contributed by atoms with Gasteiger partial charge in [-0.05, 0) is 54.3 Å². The van der Waals surface area contributed by atoms with Crippen molar-refractivity contribution < 1.29 is 18.0 Å². The van der Waals surface area contributed by atoms with Gasteiger partial charge in [-0.2, -0.15) is 0 Å². The molecule has 7 nitrogen and oxygen atoms in total. The van der Waals surface area contributed by atoms with Gasteiger partial charge < -0.3 is 10.2 Å². The van der Waals surface area contributed by atoms with Crippen LogP contribution >= 0.6 is 23.2 Å². The first-order valence-electron chi connectivity index (χ1n) is 12.6. The van der Waals surface area contributed by atoms with E-state index in [2.05, 4.69) is 5.32 Å². The van der Waals surface area contributed by atoms with E-state index >= 15 is 0 Å². The van der Waals surface area contributed by atoms with Crippen LogP contribution in [0.3, 0.4) is 0 Å². The molecule has 0 spiro atoms. The lowest BCUT2D eigenvalue weighted by molar-refractivity contribution is -0.140. The molecule has 2 amide bonds. The number of carbonyl (C=O) groups excluding carboxylic acids is 2. The first-order valence-corrected chi connectivity index (χ1v) is 15.2. The molecular weight excluding hydrogens is 557 g/mol. The molecule has 0 radical (unpaired) electrons. The van der Waals surface area contributed by atoms with Crippen molar-refractivity contribution in [3.63, 3.8) is 0 Å². The Bertz CT molecular complexity index is 1400. The van der Waals surface area contributed by atoms with E-state index in [4.69, 9.17) is 23.2 Å². The second-order valence-corrected chi connectivity index (χ2v) is 12.1. The molecule has 0 aliphatic rings. The van der Waals surface area contributed by atoms with Crippen LogP contribution in [0.1, 0.15) is 30.0 Å². The first kappa shape index (κ1) is 30.5. The highest BCUT2D eigenvalue weighted by Crippen LogP contribution is 2.25. The average Bonchev–Trinajstić information content (AvgIpc) is 2.89. The van der Waals surface area contributed by atoms with Gasteiger partial charge in [-0.1, -0.05) is 78.7 Å². The number of rotatable bonds is 12. The van der Waals surface area contributed by atoms with Crippen LogP contribution in [-0.4, -0.2) is 50.5 Å². The van der Waals surface area contributed by atoms with Crippen LogP contribution in [0.5, 0.6) is 0 Å². The maximum atomic E-state index is 14.0. The number of sulfonamides is 1. The minimum absolute atomic E-state index is 0.0260. The molecule has 3 aromatic rings. The summed E-state index contributed by atoms with van der Waals surface area (Å²) in [4.78, 5) is 28.9. The number of anilines is 1. The quantitative estimate of drug-likeness (QED) is 0.313. The molecule has 1 atom stereocenters. The minimum atomic E-state index is -3.82. The molecule has 0 heterocycles. The highest BCUT2D eigenvalue weighted by molar-refractivity contribution is 7.92. The molecule has 0 aliphatic carbocycles. The molecule has 0 fully saturated rings. The summed E-state index contributed by atoms with van der Waals surface area (Å²) >= 11 is 12.4. The van der Waals surface area contributed by atoms with Crippen LogP contribution in [-0.2, 0) is 32.6 Å². The van der Waals surface area contributed by atoms with Gasteiger partial charge in [-0.15, -0.1) is 0 Å². The number of hydrogen-bond acceptors (Lipinski definition) is 4. The Morgan fingerprint density at radius 1 is 0.923 bits per heavy atom. The Morgan fingerprint density at radius 2 is 1.64 bits per heavy atom. The summed E-state index contributed by atoms with van der Waals surface area (Å²) in [5.41, 5.74) is 2.73. The van der Waals surface area contributed by atoms with Crippen LogP contribution in [0.4, 0.5) is 5.69 Å². The van der Waals surface area contributed by atoms with Gasteiger partial charge in [0.25, 0.3) is 0 Å². The van der Waals surface area contributed by atoms with Crippen molar-refractivity contribution in [3.05, 3.63) is 99.5 Å². The van der Waals surface area contributed by atoms with E-state index in [1.165, 1.54) is 4.90 Å². The number of carbonyl (C=O) groups is 2. The minimum Gasteiger partial charge on any atom is -0.354 e. The van der Waals surface area contributed by atoms with E-state index in [1.54, 1.807) is 36.4 Å². The second kappa shape index (κ2) is 13.8. The lowest BCUT2D eigenvalue weighted by Gasteiger charge is -2.33. The van der Waals surface area contributed by atoms with Gasteiger partial charge in [-0.25, -0.2) is 8.42 Å². The first-order chi connectivity index (χ1) is 18.5. The number of amides is 2. The van der Waals surface area contributed by atoms with Crippen LogP contribution in [0.2, 0.25) is 10.0 Å². The van der Waals surface area contributed by atoms with Crippen molar-refractivity contribution in [2.24, 2.45) is 0 Å². The Hall–Kier alpha value is -3.07. The van der Waals surface area contributed by atoms with Crippen LogP contribution in [0.15, 0.2) is 72.8 Å². The number of hydrogen-bond donors (Lipinski definition) is 1. The molecule has 0 unspecified atom stereocenters. The topological polar surface area (TPSA) is 86.8 Å². The molecule has 0 saturated heterocycles. The van der Waals surface area contributed by atoms with E-state index in [9.17, 15) is 18.0 Å². The lowest BCUT2D eigenvalue weighted by atomic mass is 10.0. The third-order valence-electron chi connectivity index (χ3n) is 6.13. The third-order valence-corrected chi connectivity index (χ3v) is 8.01. The Kier molecular flexibility index (Phi) is 10.8. The van der Waals surface area contributed by atoms with Gasteiger partial charge in [0.05, 0.1) is 22.0 Å². The van der Waals surface area contributed by atoms with Crippen molar-refractivity contribution in [1.29, 1.82) is 0 Å². The molecule has 208 valence electrons. The summed E-state index contributed by atoms with van der Waals surface area (Å²) in [5.74, 6) is -0.851. The van der Waals surface area contributed by atoms with Gasteiger partial charge in [0.2, 0.25) is 21.8 Å². The van der Waals surface area contributed by atoms with E-state index < -0.39 is 28.5 Å². The predicted molar refractivity (Wildman–Crippen MR) is 158 cm³/mol. The van der Waals surface area contributed by atoms with Gasteiger partial charge in [0.1, 0.15) is 12.6 Å². The summed E-state index contributed by atoms with van der Waals surface area (Å²) in [5, 5.41) is 3.58. The monoisotopic (exact) mass is 589 g/mol. The van der Waals surface area contributed by atoms with Gasteiger partial charge in [0.15, 0.2) is 0 Å². The summed E-state index contributed by atoms with van der Waals surface area (Å²) in [7, 11) is -3.82. The van der Waals surface area contributed by atoms with Crippen LogP contribution in [0.25, 0.3) is 0 Å². The molecule has 39 heavy (non-hydrogen) atoms. The number of halogens is 2. The number of nitrogens with zero attached hydrogens (tertiary/aromatic N) is 2. The highest BCUT2D eigenvalue weighted by Gasteiger charge is 2.33. The van der Waals surface area contributed by atoms with Crippen molar-refractivity contribution in [1.82, 2.24) is 10.2 Å². The summed E-state index contributed by atoms with van der Waals surface area (Å²) in [6.45, 7) is 3.78. The molecule has 3 aromatic carbocycles. The maximum Gasteiger partial charge on any atom is 0.244 e. The second-order valence-electron chi connectivity index (χ2n) is 9.38. The molecule has 0 bridgehead atoms. The molecule has 0 aromatic heterocycles. The standard InChI is InChI=1S/C29H33Cl2N3O4S/c1-4-15-32-29(36)27(18-22-10-6-5-7-11-22)33(19-23-13-14-25(30)26(31)17-23)28(35)20-34(39(3,37)38)24-12-8-9-21(2)16-24/h5-14,16-17,27H,4,15,18-20H2,1-3H3,(H,32,36)/t27-/m0/s1. The SMILES string of the molecule is CCCNC(=O)[C@H](Cc1ccccc1)N(Cc1ccc(Cl)c(Cl)c1)C(=O)CN(c1cccc(C)c1)S(C)(=O)=O. The maximum absolute atomic E-state index is 14.0. The number of aryl methyl sites for hydroxylation is 1. The molecule has 1 N–H and O–H groups in total. The van der Waals surface area contributed by atoms with E-state index in [-0.39, 0.29) is 18.9 Å². The fourth-order valence-corrected chi connectivity index (χ4v) is 5.31. The largest absolute Gasteiger partial charge is 0.354 e. The van der Waals surface area contributed by atoms with Crippen molar-refractivity contribution in [2.45, 2.75) is 39.3 Å². The highest BCUT2D eigenvalue weighted by atomic mass is 35.5. The van der Waals surface area contributed by atoms with E-state index in [1.807, 2.05) is 50.2 Å². The lowest BCUT2D eigenvalue weighted by Crippen LogP contribution is -2.53. The molecule has 0 saturated carbocycles. The van der Waals surface area contributed by atoms with Crippen molar-refractivity contribution >= 4 is 50.7 Å². The fraction of sp³-hybridized carbons (Fsp3) is 0.310. The third kappa shape index (κ3) is 8.71. The predicted octanol–water partition coefficient (Wildman–Crippen LogP) is 5.23. The van der Waals surface area contributed by atoms with Gasteiger partial charge in [0, 0.05) is 19.5 Å². The van der Waals surface area contributed by atoms with E-state index in [0.717, 1.165) is 28.1 Å². The smallest absolute Gasteiger partial charge is 0.244 e. The zero-order valence-corrected chi connectivity index (χ0v) is 24.6. The Labute approximate surface area is 240 Å². The molecule has 0 aliphatic heterocycles. The summed E-state index contributed by atoms with van der Waals surface area (Å²) < 4.78 is 26.7. The molecule has 10 heteroatoms. The van der Waals surface area contributed by atoms with Crippen molar-refractivity contribution in [3.8, 4) is 0 Å². The zero-order valence-electron chi connectivity index (χ0n) is 22.2. The molecule has 3 rings (SSSR count). The summed E-state index contributed by atoms with van der Waals surface area (Å²) in [6, 6.07) is 20.4.